The van der Waals surface area contributed by atoms with Gasteiger partial charge in [-0.1, -0.05) is 0 Å². The molecule has 0 aliphatic rings. The molecule has 20 heavy (non-hydrogen) atoms. The van der Waals surface area contributed by atoms with Crippen molar-refractivity contribution in [3.05, 3.63) is 29.1 Å². The standard InChI is InChI=1S/C13H19FN2O3S/c1-8-5-10(14)6-9(2)11(8)20(18,19)16-7-13(3,4)12(15)17/h5-6,16H,7H2,1-4H3,(H2,15,17). The normalized spacial score (nSPS) is 12.4. The summed E-state index contributed by atoms with van der Waals surface area (Å²) in [4.78, 5) is 11.2. The van der Waals surface area contributed by atoms with Crippen molar-refractivity contribution in [3.8, 4) is 0 Å². The van der Waals surface area contributed by atoms with Gasteiger partial charge in [-0.2, -0.15) is 0 Å². The number of rotatable bonds is 5. The smallest absolute Gasteiger partial charge is 0.241 e. The third kappa shape index (κ3) is 3.55. The average molecular weight is 302 g/mol. The molecule has 1 amide bonds. The molecular weight excluding hydrogens is 283 g/mol. The maximum atomic E-state index is 13.2. The van der Waals surface area contributed by atoms with Gasteiger partial charge < -0.3 is 5.73 Å². The summed E-state index contributed by atoms with van der Waals surface area (Å²) in [5, 5.41) is 0. The number of hydrogen-bond acceptors (Lipinski definition) is 3. The van der Waals surface area contributed by atoms with E-state index in [0.29, 0.717) is 11.1 Å². The molecule has 1 aromatic carbocycles. The first-order valence-electron chi connectivity index (χ1n) is 6.04. The van der Waals surface area contributed by atoms with Crippen LogP contribution in [0, 0.1) is 25.1 Å². The molecule has 0 atom stereocenters. The predicted molar refractivity (Wildman–Crippen MR) is 74.0 cm³/mol. The Morgan fingerprint density at radius 2 is 1.75 bits per heavy atom. The van der Waals surface area contributed by atoms with Crippen LogP contribution in [0.4, 0.5) is 4.39 Å². The van der Waals surface area contributed by atoms with Gasteiger partial charge in [0.1, 0.15) is 5.82 Å². The summed E-state index contributed by atoms with van der Waals surface area (Å²) >= 11 is 0. The fraction of sp³-hybridized carbons (Fsp3) is 0.462. The SMILES string of the molecule is Cc1cc(F)cc(C)c1S(=O)(=O)NCC(C)(C)C(N)=O. The molecular formula is C13H19FN2O3S. The molecule has 5 nitrogen and oxygen atoms in total. The van der Waals surface area contributed by atoms with Crippen molar-refractivity contribution in [2.24, 2.45) is 11.1 Å². The van der Waals surface area contributed by atoms with Crippen molar-refractivity contribution in [2.75, 3.05) is 6.54 Å². The van der Waals surface area contributed by atoms with Crippen LogP contribution in [-0.2, 0) is 14.8 Å². The molecule has 7 heteroatoms. The lowest BCUT2D eigenvalue weighted by molar-refractivity contribution is -0.125. The molecule has 0 bridgehead atoms. The Balaban J connectivity index is 3.11. The van der Waals surface area contributed by atoms with Crippen LogP contribution in [0.25, 0.3) is 0 Å². The summed E-state index contributed by atoms with van der Waals surface area (Å²) in [7, 11) is -3.83. The summed E-state index contributed by atoms with van der Waals surface area (Å²) in [6.45, 7) is 6.00. The molecule has 0 saturated heterocycles. The number of aryl methyl sites for hydroxylation is 2. The van der Waals surface area contributed by atoms with Gasteiger partial charge in [-0.05, 0) is 51.0 Å². The predicted octanol–water partition coefficient (Wildman–Crippen LogP) is 1.23. The molecule has 0 aliphatic heterocycles. The van der Waals surface area contributed by atoms with Crippen LogP contribution >= 0.6 is 0 Å². The highest BCUT2D eigenvalue weighted by molar-refractivity contribution is 7.89. The van der Waals surface area contributed by atoms with E-state index in [1.54, 1.807) is 13.8 Å². The number of halogens is 1. The van der Waals surface area contributed by atoms with E-state index in [4.69, 9.17) is 5.73 Å². The van der Waals surface area contributed by atoms with Crippen molar-refractivity contribution in [3.63, 3.8) is 0 Å². The third-order valence-corrected chi connectivity index (χ3v) is 4.77. The highest BCUT2D eigenvalue weighted by Crippen LogP contribution is 2.22. The summed E-state index contributed by atoms with van der Waals surface area (Å²) < 4.78 is 40.1. The fourth-order valence-electron chi connectivity index (χ4n) is 1.76. The highest BCUT2D eigenvalue weighted by Gasteiger charge is 2.28. The van der Waals surface area contributed by atoms with E-state index in [9.17, 15) is 17.6 Å². The van der Waals surface area contributed by atoms with Gasteiger partial charge in [-0.15, -0.1) is 0 Å². The Morgan fingerprint density at radius 3 is 2.15 bits per heavy atom. The number of carbonyl (C=O) groups is 1. The summed E-state index contributed by atoms with van der Waals surface area (Å²) in [6.07, 6.45) is 0. The first-order chi connectivity index (χ1) is 8.97. The topological polar surface area (TPSA) is 89.3 Å². The summed E-state index contributed by atoms with van der Waals surface area (Å²) in [5.41, 5.74) is 4.81. The second-order valence-corrected chi connectivity index (χ2v) is 7.15. The zero-order valence-electron chi connectivity index (χ0n) is 12.0. The molecule has 0 aliphatic carbocycles. The molecule has 3 N–H and O–H groups in total. The Bertz CT molecular complexity index is 616. The first-order valence-corrected chi connectivity index (χ1v) is 7.52. The van der Waals surface area contributed by atoms with E-state index in [0.717, 1.165) is 12.1 Å². The van der Waals surface area contributed by atoms with Crippen LogP contribution in [0.1, 0.15) is 25.0 Å². The van der Waals surface area contributed by atoms with E-state index in [-0.39, 0.29) is 11.4 Å². The molecule has 0 radical (unpaired) electrons. The molecule has 0 fully saturated rings. The molecule has 0 unspecified atom stereocenters. The Kier molecular flexibility index (Phi) is 4.55. The molecule has 1 aromatic rings. The Morgan fingerprint density at radius 1 is 1.30 bits per heavy atom. The van der Waals surface area contributed by atoms with Crippen molar-refractivity contribution < 1.29 is 17.6 Å². The summed E-state index contributed by atoms with van der Waals surface area (Å²) in [5.74, 6) is -1.09. The largest absolute Gasteiger partial charge is 0.369 e. The van der Waals surface area contributed by atoms with Crippen LogP contribution in [-0.4, -0.2) is 20.9 Å². The minimum absolute atomic E-state index is 0.0270. The number of benzene rings is 1. The lowest BCUT2D eigenvalue weighted by Crippen LogP contribution is -2.42. The number of sulfonamides is 1. The van der Waals surface area contributed by atoms with E-state index >= 15 is 0 Å². The third-order valence-electron chi connectivity index (χ3n) is 3.06. The number of amides is 1. The Hall–Kier alpha value is -1.47. The maximum absolute atomic E-state index is 13.2. The quantitative estimate of drug-likeness (QED) is 0.857. The van der Waals surface area contributed by atoms with Crippen LogP contribution < -0.4 is 10.5 Å². The number of primary amides is 1. The van der Waals surface area contributed by atoms with Gasteiger partial charge in [0.15, 0.2) is 0 Å². The highest BCUT2D eigenvalue weighted by atomic mass is 32.2. The molecule has 112 valence electrons. The van der Waals surface area contributed by atoms with Crippen LogP contribution in [0.5, 0.6) is 0 Å². The molecule has 0 spiro atoms. The van der Waals surface area contributed by atoms with Crippen molar-refractivity contribution in [2.45, 2.75) is 32.6 Å². The van der Waals surface area contributed by atoms with Gasteiger partial charge in [0.05, 0.1) is 10.3 Å². The van der Waals surface area contributed by atoms with E-state index in [1.165, 1.54) is 13.8 Å². The molecule has 1 rings (SSSR count). The fourth-order valence-corrected chi connectivity index (χ4v) is 3.42. The van der Waals surface area contributed by atoms with Gasteiger partial charge in [-0.3, -0.25) is 4.79 Å². The van der Waals surface area contributed by atoms with Crippen LogP contribution in [0.2, 0.25) is 0 Å². The zero-order chi connectivity index (χ0) is 15.7. The number of hydrogen-bond donors (Lipinski definition) is 2. The average Bonchev–Trinajstić information content (AvgIpc) is 2.24. The van der Waals surface area contributed by atoms with Gasteiger partial charge in [-0.25, -0.2) is 17.5 Å². The van der Waals surface area contributed by atoms with Crippen molar-refractivity contribution in [1.82, 2.24) is 4.72 Å². The zero-order valence-corrected chi connectivity index (χ0v) is 12.8. The van der Waals surface area contributed by atoms with Crippen LogP contribution in [0.15, 0.2) is 17.0 Å². The van der Waals surface area contributed by atoms with Crippen LogP contribution in [0.3, 0.4) is 0 Å². The molecule has 0 saturated carbocycles. The monoisotopic (exact) mass is 302 g/mol. The summed E-state index contributed by atoms with van der Waals surface area (Å²) in [6, 6.07) is 2.31. The van der Waals surface area contributed by atoms with E-state index < -0.39 is 27.2 Å². The lowest BCUT2D eigenvalue weighted by Gasteiger charge is -2.21. The molecule has 0 aromatic heterocycles. The first kappa shape index (κ1) is 16.6. The van der Waals surface area contributed by atoms with Crippen molar-refractivity contribution >= 4 is 15.9 Å². The number of nitrogens with one attached hydrogen (secondary N) is 1. The van der Waals surface area contributed by atoms with Gasteiger partial charge in [0.25, 0.3) is 0 Å². The Labute approximate surface area is 118 Å². The van der Waals surface area contributed by atoms with E-state index in [2.05, 4.69) is 4.72 Å². The van der Waals surface area contributed by atoms with Gasteiger partial charge in [0.2, 0.25) is 15.9 Å². The minimum atomic E-state index is -3.83. The molecule has 0 heterocycles. The minimum Gasteiger partial charge on any atom is -0.369 e. The van der Waals surface area contributed by atoms with Gasteiger partial charge in [0, 0.05) is 6.54 Å². The van der Waals surface area contributed by atoms with E-state index in [1.807, 2.05) is 0 Å². The lowest BCUT2D eigenvalue weighted by atomic mass is 9.93. The van der Waals surface area contributed by atoms with Gasteiger partial charge >= 0.3 is 0 Å². The van der Waals surface area contributed by atoms with Crippen molar-refractivity contribution in [1.29, 1.82) is 0 Å². The second-order valence-electron chi connectivity index (χ2n) is 5.44. The number of carbonyl (C=O) groups excluding carboxylic acids is 1. The maximum Gasteiger partial charge on any atom is 0.241 e. The number of nitrogens with two attached hydrogens (primary N) is 1. The second kappa shape index (κ2) is 5.49.